The molecule has 0 radical (unpaired) electrons. The number of carbonyl (C=O) groups is 2. The second kappa shape index (κ2) is 7.77. The second-order valence-corrected chi connectivity index (χ2v) is 5.97. The summed E-state index contributed by atoms with van der Waals surface area (Å²) < 4.78 is 10.9. The van der Waals surface area contributed by atoms with Gasteiger partial charge in [0.05, 0.1) is 11.8 Å². The second-order valence-electron chi connectivity index (χ2n) is 5.97. The standard InChI is InChI=1S/C20H20O4/c21-19(23-15-9-3-1-4-10-15)17-13-7-8-14-18(17)20(22)24-16-11-5-2-6-12-16/h1-6,9-12,17-18H,7-8,13-14H2/t17-,18+. The Balaban J connectivity index is 1.68. The molecule has 0 bridgehead atoms. The monoisotopic (exact) mass is 324 g/mol. The Morgan fingerprint density at radius 1 is 0.667 bits per heavy atom. The first kappa shape index (κ1) is 16.2. The predicted molar refractivity (Wildman–Crippen MR) is 89.6 cm³/mol. The fourth-order valence-electron chi connectivity index (χ4n) is 3.06. The largest absolute Gasteiger partial charge is 0.426 e. The van der Waals surface area contributed by atoms with Gasteiger partial charge in [0.15, 0.2) is 0 Å². The van der Waals surface area contributed by atoms with Crippen LogP contribution in [0, 0.1) is 11.8 Å². The average Bonchev–Trinajstić information content (AvgIpc) is 2.63. The molecule has 1 aliphatic rings. The van der Waals surface area contributed by atoms with Crippen LogP contribution in [-0.2, 0) is 9.59 Å². The van der Waals surface area contributed by atoms with Crippen LogP contribution in [0.15, 0.2) is 60.7 Å². The molecule has 0 unspecified atom stereocenters. The molecule has 4 nitrogen and oxygen atoms in total. The van der Waals surface area contributed by atoms with Gasteiger partial charge in [0, 0.05) is 0 Å². The molecular weight excluding hydrogens is 304 g/mol. The zero-order valence-electron chi connectivity index (χ0n) is 13.4. The summed E-state index contributed by atoms with van der Waals surface area (Å²) >= 11 is 0. The number of para-hydroxylation sites is 2. The van der Waals surface area contributed by atoms with Crippen molar-refractivity contribution in [2.45, 2.75) is 25.7 Å². The van der Waals surface area contributed by atoms with Crippen LogP contribution in [-0.4, -0.2) is 11.9 Å². The smallest absolute Gasteiger partial charge is 0.315 e. The lowest BCUT2D eigenvalue weighted by atomic mass is 9.79. The Bertz CT molecular complexity index is 620. The molecule has 0 saturated heterocycles. The number of carbonyl (C=O) groups excluding carboxylic acids is 2. The maximum Gasteiger partial charge on any atom is 0.315 e. The van der Waals surface area contributed by atoms with Crippen molar-refractivity contribution in [3.8, 4) is 11.5 Å². The molecule has 0 aliphatic heterocycles. The summed E-state index contributed by atoms with van der Waals surface area (Å²) in [5.41, 5.74) is 0. The molecule has 0 amide bonds. The van der Waals surface area contributed by atoms with Crippen LogP contribution in [0.4, 0.5) is 0 Å². The summed E-state index contributed by atoms with van der Waals surface area (Å²) in [5.74, 6) is -0.594. The summed E-state index contributed by atoms with van der Waals surface area (Å²) in [5, 5.41) is 0. The normalized spacial score (nSPS) is 20.2. The first-order chi connectivity index (χ1) is 11.7. The van der Waals surface area contributed by atoms with Gasteiger partial charge in [-0.3, -0.25) is 9.59 Å². The zero-order valence-corrected chi connectivity index (χ0v) is 13.4. The number of ether oxygens (including phenoxy) is 2. The van der Waals surface area contributed by atoms with Crippen molar-refractivity contribution in [2.24, 2.45) is 11.8 Å². The molecule has 0 N–H and O–H groups in total. The summed E-state index contributed by atoms with van der Waals surface area (Å²) in [7, 11) is 0. The van der Waals surface area contributed by atoms with Crippen LogP contribution in [0.5, 0.6) is 11.5 Å². The summed E-state index contributed by atoms with van der Waals surface area (Å²) in [6, 6.07) is 17.9. The SMILES string of the molecule is O=C(Oc1ccccc1)[C@H]1CCCC[C@H]1C(=O)Oc1ccccc1. The summed E-state index contributed by atoms with van der Waals surface area (Å²) in [6.07, 6.45) is 3.15. The van der Waals surface area contributed by atoms with Crippen molar-refractivity contribution in [3.63, 3.8) is 0 Å². The van der Waals surface area contributed by atoms with E-state index in [0.717, 1.165) is 12.8 Å². The highest BCUT2D eigenvalue weighted by Crippen LogP contribution is 2.32. The van der Waals surface area contributed by atoms with Crippen molar-refractivity contribution >= 4 is 11.9 Å². The van der Waals surface area contributed by atoms with E-state index in [0.29, 0.717) is 24.3 Å². The zero-order chi connectivity index (χ0) is 16.8. The van der Waals surface area contributed by atoms with Crippen LogP contribution < -0.4 is 9.47 Å². The number of rotatable bonds is 4. The lowest BCUT2D eigenvalue weighted by molar-refractivity contribution is -0.152. The number of hydrogen-bond donors (Lipinski definition) is 0. The van der Waals surface area contributed by atoms with Crippen molar-refractivity contribution in [2.75, 3.05) is 0 Å². The molecule has 2 atom stereocenters. The number of benzene rings is 2. The highest BCUT2D eigenvalue weighted by molar-refractivity contribution is 5.84. The van der Waals surface area contributed by atoms with E-state index in [2.05, 4.69) is 0 Å². The van der Waals surface area contributed by atoms with Gasteiger partial charge in [-0.25, -0.2) is 0 Å². The van der Waals surface area contributed by atoms with Gasteiger partial charge < -0.3 is 9.47 Å². The third-order valence-electron chi connectivity index (χ3n) is 4.29. The first-order valence-corrected chi connectivity index (χ1v) is 8.27. The molecular formula is C20H20O4. The minimum atomic E-state index is -0.449. The molecule has 1 aliphatic carbocycles. The van der Waals surface area contributed by atoms with Crippen molar-refractivity contribution < 1.29 is 19.1 Å². The number of hydrogen-bond acceptors (Lipinski definition) is 4. The van der Waals surface area contributed by atoms with Gasteiger partial charge in [-0.05, 0) is 37.1 Å². The maximum absolute atomic E-state index is 12.5. The molecule has 24 heavy (non-hydrogen) atoms. The first-order valence-electron chi connectivity index (χ1n) is 8.27. The van der Waals surface area contributed by atoms with E-state index in [9.17, 15) is 9.59 Å². The number of esters is 2. The molecule has 0 aromatic heterocycles. The molecule has 0 spiro atoms. The average molecular weight is 324 g/mol. The van der Waals surface area contributed by atoms with Crippen LogP contribution in [0.2, 0.25) is 0 Å². The van der Waals surface area contributed by atoms with E-state index in [1.54, 1.807) is 24.3 Å². The lowest BCUT2D eigenvalue weighted by Crippen LogP contribution is -2.37. The van der Waals surface area contributed by atoms with E-state index in [1.807, 2.05) is 36.4 Å². The van der Waals surface area contributed by atoms with Crippen molar-refractivity contribution in [3.05, 3.63) is 60.7 Å². The fraction of sp³-hybridized carbons (Fsp3) is 0.300. The molecule has 4 heteroatoms. The van der Waals surface area contributed by atoms with Crippen LogP contribution in [0.1, 0.15) is 25.7 Å². The Morgan fingerprint density at radius 2 is 1.04 bits per heavy atom. The molecule has 2 aromatic carbocycles. The fourth-order valence-corrected chi connectivity index (χ4v) is 3.06. The third kappa shape index (κ3) is 4.02. The van der Waals surface area contributed by atoms with Gasteiger partial charge in [-0.15, -0.1) is 0 Å². The van der Waals surface area contributed by atoms with Gasteiger partial charge in [0.25, 0.3) is 0 Å². The highest BCUT2D eigenvalue weighted by atomic mass is 16.5. The van der Waals surface area contributed by atoms with E-state index in [4.69, 9.17) is 9.47 Å². The Morgan fingerprint density at radius 3 is 1.42 bits per heavy atom. The highest BCUT2D eigenvalue weighted by Gasteiger charge is 2.38. The van der Waals surface area contributed by atoms with Crippen molar-refractivity contribution in [1.29, 1.82) is 0 Å². The van der Waals surface area contributed by atoms with Gasteiger partial charge in [0.1, 0.15) is 11.5 Å². The molecule has 1 fully saturated rings. The van der Waals surface area contributed by atoms with Crippen LogP contribution >= 0.6 is 0 Å². The minimum Gasteiger partial charge on any atom is -0.426 e. The quantitative estimate of drug-likeness (QED) is 0.630. The molecule has 1 saturated carbocycles. The van der Waals surface area contributed by atoms with Crippen LogP contribution in [0.3, 0.4) is 0 Å². The minimum absolute atomic E-state index is 0.351. The van der Waals surface area contributed by atoms with Crippen LogP contribution in [0.25, 0.3) is 0 Å². The van der Waals surface area contributed by atoms with Crippen molar-refractivity contribution in [1.82, 2.24) is 0 Å². The molecule has 124 valence electrons. The lowest BCUT2D eigenvalue weighted by Gasteiger charge is -2.28. The van der Waals surface area contributed by atoms with Gasteiger partial charge >= 0.3 is 11.9 Å². The third-order valence-corrected chi connectivity index (χ3v) is 4.29. The molecule has 3 rings (SSSR count). The Labute approximate surface area is 141 Å². The summed E-state index contributed by atoms with van der Waals surface area (Å²) in [4.78, 5) is 25.0. The van der Waals surface area contributed by atoms with Gasteiger partial charge in [-0.2, -0.15) is 0 Å². The summed E-state index contributed by atoms with van der Waals surface area (Å²) in [6.45, 7) is 0. The van der Waals surface area contributed by atoms with E-state index >= 15 is 0 Å². The maximum atomic E-state index is 12.5. The Hall–Kier alpha value is -2.62. The van der Waals surface area contributed by atoms with E-state index in [-0.39, 0.29) is 11.9 Å². The molecule has 0 heterocycles. The predicted octanol–water partition coefficient (Wildman–Crippen LogP) is 4.00. The molecule has 2 aromatic rings. The van der Waals surface area contributed by atoms with Gasteiger partial charge in [-0.1, -0.05) is 49.2 Å². The van der Waals surface area contributed by atoms with E-state index < -0.39 is 11.8 Å². The Kier molecular flexibility index (Phi) is 5.26. The topological polar surface area (TPSA) is 52.6 Å². The van der Waals surface area contributed by atoms with Gasteiger partial charge in [0.2, 0.25) is 0 Å². The van der Waals surface area contributed by atoms with E-state index in [1.165, 1.54) is 0 Å².